The van der Waals surface area contributed by atoms with Crippen LogP contribution in [0, 0.1) is 0 Å². The zero-order valence-corrected chi connectivity index (χ0v) is 9.61. The molecule has 16 heavy (non-hydrogen) atoms. The van der Waals surface area contributed by atoms with E-state index in [1.165, 1.54) is 0 Å². The Morgan fingerprint density at radius 1 is 1.19 bits per heavy atom. The van der Waals surface area contributed by atoms with Gasteiger partial charge in [0.05, 0.1) is 6.61 Å². The monoisotopic (exact) mass is 234 g/mol. The van der Waals surface area contributed by atoms with Crippen molar-refractivity contribution in [3.05, 3.63) is 41.6 Å². The standard InChI is InChI=1S/C12H11ClN2O/c1-2-16-10-8-11(13)14-15-12(10)9-6-4-3-5-7-9/h3-8H,2H2,1H3. The van der Waals surface area contributed by atoms with Gasteiger partial charge in [-0.25, -0.2) is 0 Å². The van der Waals surface area contributed by atoms with Gasteiger partial charge in [-0.05, 0) is 6.92 Å². The van der Waals surface area contributed by atoms with Crippen LogP contribution in [-0.2, 0) is 0 Å². The van der Waals surface area contributed by atoms with Gasteiger partial charge in [-0.3, -0.25) is 0 Å². The van der Waals surface area contributed by atoms with Crippen molar-refractivity contribution in [1.29, 1.82) is 0 Å². The van der Waals surface area contributed by atoms with Crippen molar-refractivity contribution in [1.82, 2.24) is 10.2 Å². The molecule has 2 aromatic rings. The molecule has 0 atom stereocenters. The molecule has 0 aliphatic rings. The molecule has 0 aliphatic carbocycles. The largest absolute Gasteiger partial charge is 0.491 e. The van der Waals surface area contributed by atoms with Crippen LogP contribution < -0.4 is 4.74 Å². The molecule has 0 N–H and O–H groups in total. The van der Waals surface area contributed by atoms with E-state index in [1.807, 2.05) is 37.3 Å². The first kappa shape index (κ1) is 10.9. The van der Waals surface area contributed by atoms with Gasteiger partial charge in [0, 0.05) is 11.6 Å². The number of rotatable bonds is 3. The fourth-order valence-electron chi connectivity index (χ4n) is 1.41. The molecule has 0 spiro atoms. The molecule has 4 heteroatoms. The molecule has 0 amide bonds. The third-order valence-electron chi connectivity index (χ3n) is 2.08. The van der Waals surface area contributed by atoms with Crippen molar-refractivity contribution >= 4 is 11.6 Å². The first-order valence-corrected chi connectivity index (χ1v) is 5.40. The van der Waals surface area contributed by atoms with Gasteiger partial charge in [-0.15, -0.1) is 10.2 Å². The summed E-state index contributed by atoms with van der Waals surface area (Å²) >= 11 is 5.79. The van der Waals surface area contributed by atoms with Crippen LogP contribution in [0.25, 0.3) is 11.3 Å². The fraction of sp³-hybridized carbons (Fsp3) is 0.167. The van der Waals surface area contributed by atoms with E-state index in [9.17, 15) is 0 Å². The highest BCUT2D eigenvalue weighted by Gasteiger charge is 2.09. The fourth-order valence-corrected chi connectivity index (χ4v) is 1.55. The van der Waals surface area contributed by atoms with Crippen LogP contribution in [0.3, 0.4) is 0 Å². The zero-order chi connectivity index (χ0) is 11.4. The molecular weight excluding hydrogens is 224 g/mol. The smallest absolute Gasteiger partial charge is 0.155 e. The van der Waals surface area contributed by atoms with Crippen LogP contribution in [0.2, 0.25) is 5.15 Å². The lowest BCUT2D eigenvalue weighted by atomic mass is 10.1. The Morgan fingerprint density at radius 2 is 1.94 bits per heavy atom. The van der Waals surface area contributed by atoms with Gasteiger partial charge in [-0.2, -0.15) is 0 Å². The van der Waals surface area contributed by atoms with Crippen LogP contribution in [0.4, 0.5) is 0 Å². The molecule has 0 fully saturated rings. The Kier molecular flexibility index (Phi) is 3.37. The molecule has 1 aromatic carbocycles. The van der Waals surface area contributed by atoms with Crippen molar-refractivity contribution in [3.8, 4) is 17.0 Å². The minimum Gasteiger partial charge on any atom is -0.491 e. The maximum atomic E-state index is 5.79. The first-order valence-electron chi connectivity index (χ1n) is 5.02. The van der Waals surface area contributed by atoms with Crippen LogP contribution in [0.15, 0.2) is 36.4 Å². The average Bonchev–Trinajstić information content (AvgIpc) is 2.31. The van der Waals surface area contributed by atoms with E-state index in [4.69, 9.17) is 16.3 Å². The van der Waals surface area contributed by atoms with E-state index in [2.05, 4.69) is 10.2 Å². The van der Waals surface area contributed by atoms with E-state index in [0.717, 1.165) is 5.56 Å². The number of ether oxygens (including phenoxy) is 1. The Labute approximate surface area is 99.0 Å². The number of aromatic nitrogens is 2. The molecular formula is C12H11ClN2O. The third kappa shape index (κ3) is 2.31. The van der Waals surface area contributed by atoms with Crippen LogP contribution in [-0.4, -0.2) is 16.8 Å². The lowest BCUT2D eigenvalue weighted by molar-refractivity contribution is 0.339. The van der Waals surface area contributed by atoms with Crippen molar-refractivity contribution < 1.29 is 4.74 Å². The van der Waals surface area contributed by atoms with Gasteiger partial charge < -0.3 is 4.74 Å². The Hall–Kier alpha value is -1.61. The second-order valence-corrected chi connectivity index (χ2v) is 3.57. The van der Waals surface area contributed by atoms with Crippen molar-refractivity contribution in [2.75, 3.05) is 6.61 Å². The van der Waals surface area contributed by atoms with E-state index in [-0.39, 0.29) is 0 Å². The molecule has 0 saturated heterocycles. The molecule has 0 bridgehead atoms. The first-order chi connectivity index (χ1) is 7.81. The summed E-state index contributed by atoms with van der Waals surface area (Å²) in [7, 11) is 0. The molecule has 0 radical (unpaired) electrons. The normalized spacial score (nSPS) is 10.1. The van der Waals surface area contributed by atoms with Gasteiger partial charge in [-0.1, -0.05) is 41.9 Å². The predicted octanol–water partition coefficient (Wildman–Crippen LogP) is 3.20. The summed E-state index contributed by atoms with van der Waals surface area (Å²) in [6.07, 6.45) is 0. The highest BCUT2D eigenvalue weighted by Crippen LogP contribution is 2.28. The van der Waals surface area contributed by atoms with Gasteiger partial charge in [0.15, 0.2) is 10.9 Å². The molecule has 0 unspecified atom stereocenters. The van der Waals surface area contributed by atoms with Gasteiger partial charge in [0.25, 0.3) is 0 Å². The van der Waals surface area contributed by atoms with Crippen LogP contribution >= 0.6 is 11.6 Å². The number of hydrogen-bond donors (Lipinski definition) is 0. The zero-order valence-electron chi connectivity index (χ0n) is 8.85. The molecule has 0 aliphatic heterocycles. The second-order valence-electron chi connectivity index (χ2n) is 3.18. The Balaban J connectivity index is 2.48. The minimum atomic E-state index is 0.336. The summed E-state index contributed by atoms with van der Waals surface area (Å²) < 4.78 is 5.49. The molecule has 82 valence electrons. The van der Waals surface area contributed by atoms with Gasteiger partial charge in [0.2, 0.25) is 0 Å². The average molecular weight is 235 g/mol. The number of halogens is 1. The topological polar surface area (TPSA) is 35.0 Å². The highest BCUT2D eigenvalue weighted by molar-refractivity contribution is 6.29. The van der Waals surface area contributed by atoms with Crippen molar-refractivity contribution in [2.45, 2.75) is 6.92 Å². The summed E-state index contributed by atoms with van der Waals surface area (Å²) in [5.41, 5.74) is 1.68. The van der Waals surface area contributed by atoms with Crippen molar-refractivity contribution in [2.24, 2.45) is 0 Å². The summed E-state index contributed by atoms with van der Waals surface area (Å²) in [5, 5.41) is 8.23. The lowest BCUT2D eigenvalue weighted by Crippen LogP contribution is -1.98. The molecule has 1 heterocycles. The molecule has 2 rings (SSSR count). The van der Waals surface area contributed by atoms with Gasteiger partial charge in [0.1, 0.15) is 5.69 Å². The van der Waals surface area contributed by atoms with Crippen molar-refractivity contribution in [3.63, 3.8) is 0 Å². The number of nitrogens with zero attached hydrogens (tertiary/aromatic N) is 2. The molecule has 0 saturated carbocycles. The van der Waals surface area contributed by atoms with E-state index in [0.29, 0.717) is 23.2 Å². The Morgan fingerprint density at radius 3 is 2.62 bits per heavy atom. The third-order valence-corrected chi connectivity index (χ3v) is 2.26. The maximum absolute atomic E-state index is 5.79. The summed E-state index contributed by atoms with van der Waals surface area (Å²) in [6.45, 7) is 2.49. The van der Waals surface area contributed by atoms with Crippen LogP contribution in [0.5, 0.6) is 5.75 Å². The molecule has 3 nitrogen and oxygen atoms in total. The predicted molar refractivity (Wildman–Crippen MR) is 63.6 cm³/mol. The lowest BCUT2D eigenvalue weighted by Gasteiger charge is -2.08. The highest BCUT2D eigenvalue weighted by atomic mass is 35.5. The summed E-state index contributed by atoms with van der Waals surface area (Å²) in [5.74, 6) is 0.661. The van der Waals surface area contributed by atoms with Crippen LogP contribution in [0.1, 0.15) is 6.92 Å². The summed E-state index contributed by atoms with van der Waals surface area (Å²) in [6, 6.07) is 11.4. The van der Waals surface area contributed by atoms with E-state index >= 15 is 0 Å². The van der Waals surface area contributed by atoms with E-state index < -0.39 is 0 Å². The second kappa shape index (κ2) is 4.94. The van der Waals surface area contributed by atoms with Gasteiger partial charge >= 0.3 is 0 Å². The SMILES string of the molecule is CCOc1cc(Cl)nnc1-c1ccccc1. The molecule has 1 aromatic heterocycles. The number of hydrogen-bond acceptors (Lipinski definition) is 3. The quantitative estimate of drug-likeness (QED) is 0.818. The Bertz CT molecular complexity index is 474. The maximum Gasteiger partial charge on any atom is 0.155 e. The summed E-state index contributed by atoms with van der Waals surface area (Å²) in [4.78, 5) is 0. The number of benzene rings is 1. The minimum absolute atomic E-state index is 0.336. The van der Waals surface area contributed by atoms with E-state index in [1.54, 1.807) is 6.07 Å².